The van der Waals surface area contributed by atoms with Gasteiger partial charge in [-0.1, -0.05) is 72.8 Å². The van der Waals surface area contributed by atoms with Gasteiger partial charge in [0.25, 0.3) is 0 Å². The van der Waals surface area contributed by atoms with Crippen molar-refractivity contribution < 1.29 is 0 Å². The minimum absolute atomic E-state index is 0.944. The molecule has 5 heteroatoms. The zero-order valence-corrected chi connectivity index (χ0v) is 25.2. The van der Waals surface area contributed by atoms with E-state index in [2.05, 4.69) is 158 Å². The predicted molar refractivity (Wildman–Crippen MR) is 194 cm³/mol. The molecule has 0 aliphatic carbocycles. The molecule has 0 atom stereocenters. The summed E-state index contributed by atoms with van der Waals surface area (Å²) < 4.78 is 7.13. The van der Waals surface area contributed by atoms with E-state index in [1.165, 1.54) is 49.0 Å². The fourth-order valence-corrected chi connectivity index (χ4v) is 8.04. The van der Waals surface area contributed by atoms with Crippen molar-refractivity contribution >= 4 is 82.0 Å². The molecule has 218 valence electrons. The van der Waals surface area contributed by atoms with Gasteiger partial charge in [0.1, 0.15) is 5.65 Å². The van der Waals surface area contributed by atoms with Gasteiger partial charge < -0.3 is 9.13 Å². The van der Waals surface area contributed by atoms with Crippen LogP contribution in [0.15, 0.2) is 152 Å². The van der Waals surface area contributed by atoms with Crippen LogP contribution in [0.2, 0.25) is 0 Å². The Kier molecular flexibility index (Phi) is 4.78. The first-order valence-corrected chi connectivity index (χ1v) is 15.9. The number of hydrogen-bond acceptors (Lipinski definition) is 2. The number of rotatable bonds is 2. The van der Waals surface area contributed by atoms with Gasteiger partial charge in [-0.3, -0.25) is 9.38 Å². The van der Waals surface area contributed by atoms with E-state index in [1.54, 1.807) is 0 Å². The van der Waals surface area contributed by atoms with Crippen molar-refractivity contribution in [2.75, 3.05) is 0 Å². The van der Waals surface area contributed by atoms with Crippen LogP contribution < -0.4 is 0 Å². The Balaban J connectivity index is 1.43. The van der Waals surface area contributed by atoms with Gasteiger partial charge >= 0.3 is 0 Å². The SMILES string of the molecule is c1ccc(-n2c3ccccc3c3c4c5ccc6c(c7ccncc7n7c8ccccc8nc67)c5n(-c5ccccc5)c4ccc32)cc1. The van der Waals surface area contributed by atoms with Gasteiger partial charge in [-0.2, -0.15) is 0 Å². The van der Waals surface area contributed by atoms with Crippen molar-refractivity contribution in [1.29, 1.82) is 0 Å². The Hall–Kier alpha value is -6.46. The molecule has 0 spiro atoms. The lowest BCUT2D eigenvalue weighted by atomic mass is 10.0. The first-order valence-electron chi connectivity index (χ1n) is 15.9. The van der Waals surface area contributed by atoms with Gasteiger partial charge in [0.05, 0.1) is 44.8 Å². The molecule has 5 aromatic heterocycles. The van der Waals surface area contributed by atoms with Gasteiger partial charge in [0, 0.05) is 55.3 Å². The van der Waals surface area contributed by atoms with Crippen LogP contribution in [-0.2, 0) is 0 Å². The van der Waals surface area contributed by atoms with E-state index in [1.807, 2.05) is 12.4 Å². The highest BCUT2D eigenvalue weighted by molar-refractivity contribution is 6.34. The highest BCUT2D eigenvalue weighted by Crippen LogP contribution is 2.46. The first kappa shape index (κ1) is 24.8. The second-order valence-corrected chi connectivity index (χ2v) is 12.2. The van der Waals surface area contributed by atoms with Gasteiger partial charge in [0.2, 0.25) is 0 Å². The topological polar surface area (TPSA) is 40.1 Å². The van der Waals surface area contributed by atoms with Crippen LogP contribution in [0.1, 0.15) is 0 Å². The van der Waals surface area contributed by atoms with Crippen molar-refractivity contribution in [3.05, 3.63) is 152 Å². The van der Waals surface area contributed by atoms with Crippen LogP contribution in [0.3, 0.4) is 0 Å². The molecule has 11 aromatic rings. The largest absolute Gasteiger partial charge is 0.309 e. The normalized spacial score (nSPS) is 12.3. The molecule has 0 saturated carbocycles. The molecular weight excluding hydrogens is 574 g/mol. The van der Waals surface area contributed by atoms with Crippen molar-refractivity contribution in [1.82, 2.24) is 23.5 Å². The Labute approximate surface area is 268 Å². The summed E-state index contributed by atoms with van der Waals surface area (Å²) in [5.74, 6) is 0. The molecule has 5 heterocycles. The third-order valence-corrected chi connectivity index (χ3v) is 9.87. The molecule has 0 radical (unpaired) electrons. The fourth-order valence-electron chi connectivity index (χ4n) is 8.04. The lowest BCUT2D eigenvalue weighted by Crippen LogP contribution is -1.97. The molecule has 0 aliphatic rings. The molecule has 0 saturated heterocycles. The van der Waals surface area contributed by atoms with Crippen molar-refractivity contribution in [2.45, 2.75) is 0 Å². The van der Waals surface area contributed by atoms with E-state index in [0.717, 1.165) is 44.3 Å². The minimum atomic E-state index is 0.944. The molecule has 11 rings (SSSR count). The molecule has 0 fully saturated rings. The van der Waals surface area contributed by atoms with E-state index in [4.69, 9.17) is 4.98 Å². The number of pyridine rings is 2. The Morgan fingerprint density at radius 1 is 0.404 bits per heavy atom. The predicted octanol–water partition coefficient (Wildman–Crippen LogP) is 10.4. The number of fused-ring (bicyclic) bond motifs is 16. The van der Waals surface area contributed by atoms with Crippen LogP contribution in [0.25, 0.3) is 93.3 Å². The van der Waals surface area contributed by atoms with Crippen molar-refractivity contribution in [3.63, 3.8) is 0 Å². The van der Waals surface area contributed by atoms with Gasteiger partial charge in [-0.05, 0) is 66.7 Å². The van der Waals surface area contributed by atoms with Crippen LogP contribution in [0, 0.1) is 0 Å². The van der Waals surface area contributed by atoms with Gasteiger partial charge in [-0.15, -0.1) is 0 Å². The van der Waals surface area contributed by atoms with E-state index in [9.17, 15) is 0 Å². The molecule has 47 heavy (non-hydrogen) atoms. The molecular formula is C42H25N5. The molecule has 0 amide bonds. The summed E-state index contributed by atoms with van der Waals surface area (Å²) in [7, 11) is 0. The number of para-hydroxylation sites is 5. The third-order valence-electron chi connectivity index (χ3n) is 9.87. The molecule has 0 bridgehead atoms. The molecule has 0 N–H and O–H groups in total. The Bertz CT molecular complexity index is 3060. The third kappa shape index (κ3) is 3.17. The van der Waals surface area contributed by atoms with E-state index >= 15 is 0 Å². The molecule has 0 aliphatic heterocycles. The Morgan fingerprint density at radius 2 is 1.02 bits per heavy atom. The number of nitrogens with zero attached hydrogens (tertiary/aromatic N) is 5. The number of benzene rings is 6. The van der Waals surface area contributed by atoms with Crippen molar-refractivity contribution in [3.8, 4) is 11.4 Å². The summed E-state index contributed by atoms with van der Waals surface area (Å²) in [6.07, 6.45) is 3.89. The summed E-state index contributed by atoms with van der Waals surface area (Å²) in [5.41, 5.74) is 11.1. The molecule has 6 aromatic carbocycles. The highest BCUT2D eigenvalue weighted by Gasteiger charge is 2.24. The zero-order chi connectivity index (χ0) is 30.6. The minimum Gasteiger partial charge on any atom is -0.309 e. The van der Waals surface area contributed by atoms with Crippen LogP contribution in [0.5, 0.6) is 0 Å². The van der Waals surface area contributed by atoms with Crippen molar-refractivity contribution in [2.24, 2.45) is 0 Å². The second-order valence-electron chi connectivity index (χ2n) is 12.2. The average molecular weight is 600 g/mol. The smallest absolute Gasteiger partial charge is 0.146 e. The van der Waals surface area contributed by atoms with Crippen LogP contribution in [-0.4, -0.2) is 23.5 Å². The fraction of sp³-hybridized carbons (Fsp3) is 0. The molecule has 5 nitrogen and oxygen atoms in total. The van der Waals surface area contributed by atoms with Gasteiger partial charge in [-0.25, -0.2) is 4.98 Å². The Morgan fingerprint density at radius 3 is 1.83 bits per heavy atom. The maximum atomic E-state index is 5.21. The summed E-state index contributed by atoms with van der Waals surface area (Å²) in [6.45, 7) is 0. The maximum absolute atomic E-state index is 5.21. The first-order chi connectivity index (χ1) is 23.4. The lowest BCUT2D eigenvalue weighted by Gasteiger charge is -2.13. The average Bonchev–Trinajstić information content (AvgIpc) is 3.80. The standard InChI is InChI=1S/C42H25N5/c1-3-11-26(12-4-1)45-33-17-9-7-15-28(33)39-35(45)21-22-36-40(39)30-19-20-31-38(41(30)46(36)27-13-5-2-6-14-27)29-23-24-43-25-37(29)47-34-18-10-8-16-32(34)44-42(31)47/h1-25H. The number of hydrogen-bond donors (Lipinski definition) is 0. The van der Waals surface area contributed by atoms with Gasteiger partial charge in [0.15, 0.2) is 0 Å². The summed E-state index contributed by atoms with van der Waals surface area (Å²) in [5, 5.41) is 8.44. The maximum Gasteiger partial charge on any atom is 0.146 e. The number of aromatic nitrogens is 5. The number of imidazole rings is 1. The second kappa shape index (κ2) is 9.05. The quantitative estimate of drug-likeness (QED) is 0.186. The summed E-state index contributed by atoms with van der Waals surface area (Å²) in [4.78, 5) is 9.82. The monoisotopic (exact) mass is 599 g/mol. The molecule has 0 unspecified atom stereocenters. The van der Waals surface area contributed by atoms with E-state index < -0.39 is 0 Å². The van der Waals surface area contributed by atoms with Crippen LogP contribution >= 0.6 is 0 Å². The summed E-state index contributed by atoms with van der Waals surface area (Å²) >= 11 is 0. The highest BCUT2D eigenvalue weighted by atomic mass is 15.0. The zero-order valence-electron chi connectivity index (χ0n) is 25.2. The van der Waals surface area contributed by atoms with E-state index in [0.29, 0.717) is 0 Å². The lowest BCUT2D eigenvalue weighted by molar-refractivity contribution is 1.17. The summed E-state index contributed by atoms with van der Waals surface area (Å²) in [6, 6.07) is 50.0. The van der Waals surface area contributed by atoms with Crippen LogP contribution in [0.4, 0.5) is 0 Å². The van der Waals surface area contributed by atoms with E-state index in [-0.39, 0.29) is 0 Å².